The Bertz CT molecular complexity index is 362. The van der Waals surface area contributed by atoms with Crippen molar-refractivity contribution in [2.24, 2.45) is 0 Å². The molecule has 0 heterocycles. The van der Waals surface area contributed by atoms with Gasteiger partial charge in [-0.3, -0.25) is 0 Å². The monoisotopic (exact) mass is 360 g/mol. The summed E-state index contributed by atoms with van der Waals surface area (Å²) in [5.41, 5.74) is 0. The van der Waals surface area contributed by atoms with Crippen molar-refractivity contribution in [3.63, 3.8) is 0 Å². The van der Waals surface area contributed by atoms with Gasteiger partial charge in [-0.2, -0.15) is 0 Å². The van der Waals surface area contributed by atoms with Crippen LogP contribution < -0.4 is 0 Å². The van der Waals surface area contributed by atoms with Gasteiger partial charge in [0.2, 0.25) is 6.54 Å². The van der Waals surface area contributed by atoms with E-state index in [1.54, 1.807) is 0 Å². The normalized spacial score (nSPS) is 17.0. The average Bonchev–Trinajstić information content (AvgIpc) is 2.49. The quantitative estimate of drug-likeness (QED) is 0.216. The van der Waals surface area contributed by atoms with Gasteiger partial charge in [-0.25, -0.2) is 15.6 Å². The molecule has 5 nitrogen and oxygen atoms in total. The predicted octanol–water partition coefficient (Wildman–Crippen LogP) is 3.93. The van der Waals surface area contributed by atoms with E-state index in [1.807, 2.05) is 6.92 Å². The van der Waals surface area contributed by atoms with E-state index < -0.39 is 26.8 Å². The highest BCUT2D eigenvalue weighted by Crippen LogP contribution is 2.45. The second-order valence-corrected chi connectivity index (χ2v) is 7.57. The van der Waals surface area contributed by atoms with E-state index >= 15 is 0 Å². The van der Waals surface area contributed by atoms with Crippen LogP contribution in [-0.4, -0.2) is 62.6 Å². The van der Waals surface area contributed by atoms with Gasteiger partial charge in [-0.15, -0.1) is 0 Å². The molecule has 24 heavy (non-hydrogen) atoms. The van der Waals surface area contributed by atoms with Gasteiger partial charge in [0.15, 0.2) is 0 Å². The second kappa shape index (κ2) is 13.0. The largest absolute Gasteiger partial charge is 0.379 e. The third-order valence-electron chi connectivity index (χ3n) is 3.27. The van der Waals surface area contributed by atoms with Crippen LogP contribution in [-0.2, 0) is 13.8 Å². The van der Waals surface area contributed by atoms with E-state index in [0.29, 0.717) is 13.0 Å². The van der Waals surface area contributed by atoms with Gasteiger partial charge in [0.1, 0.15) is 20.6 Å². The third kappa shape index (κ3) is 9.29. The Balaban J connectivity index is 4.72. The van der Waals surface area contributed by atoms with Gasteiger partial charge in [0.25, 0.3) is 8.53 Å². The van der Waals surface area contributed by atoms with E-state index in [0.717, 1.165) is 0 Å². The minimum atomic E-state index is -1.36. The summed E-state index contributed by atoms with van der Waals surface area (Å²) in [7, 11) is 4.56. The first-order chi connectivity index (χ1) is 11.2. The molecule has 0 amide bonds. The zero-order chi connectivity index (χ0) is 18.7. The van der Waals surface area contributed by atoms with Gasteiger partial charge in [0, 0.05) is 18.1 Å². The molecule has 0 aliphatic carbocycles. The van der Waals surface area contributed by atoms with Crippen molar-refractivity contribution in [1.82, 2.24) is 4.67 Å². The Labute approximate surface area is 149 Å². The van der Waals surface area contributed by atoms with Crippen LogP contribution in [0.3, 0.4) is 0 Å². The standard InChI is InChI=1S/C16H31BFN2O3P/c1-8-15(14(6)18)23-16(17)11-22-24(21-10-9-19-7)20(12(2)3)13(4)5/h12-16H,8-11H2,1-6H3/t14-,15+,16?,24?/m0/s1. The summed E-state index contributed by atoms with van der Waals surface area (Å²) in [4.78, 5) is 3.29. The molecule has 0 spiro atoms. The van der Waals surface area contributed by atoms with Gasteiger partial charge in [-0.05, 0) is 41.0 Å². The van der Waals surface area contributed by atoms with Gasteiger partial charge >= 0.3 is 0 Å². The SMILES string of the molecule is [B]C(COP(OCC[N+]#[C-])N(C(C)C)C(C)C)O[C@H](CC)[C@H](C)F. The molecule has 2 radical (unpaired) electrons. The summed E-state index contributed by atoms with van der Waals surface area (Å²) in [6, 6.07) is -0.283. The molecule has 4 atom stereocenters. The van der Waals surface area contributed by atoms with Crippen LogP contribution in [0.2, 0.25) is 0 Å². The lowest BCUT2D eigenvalue weighted by Gasteiger charge is -2.36. The minimum Gasteiger partial charge on any atom is -0.379 e. The maximum atomic E-state index is 13.4. The van der Waals surface area contributed by atoms with Crippen molar-refractivity contribution in [3.05, 3.63) is 11.4 Å². The third-order valence-corrected chi connectivity index (χ3v) is 5.34. The van der Waals surface area contributed by atoms with Crippen molar-refractivity contribution in [2.45, 2.75) is 78.3 Å². The molecular formula is C16H31BFN2O3P. The highest BCUT2D eigenvalue weighted by atomic mass is 31.2. The maximum Gasteiger partial charge on any atom is 0.259 e. The first-order valence-corrected chi connectivity index (χ1v) is 9.60. The van der Waals surface area contributed by atoms with Crippen LogP contribution >= 0.6 is 8.53 Å². The van der Waals surface area contributed by atoms with E-state index in [2.05, 4.69) is 37.2 Å². The summed E-state index contributed by atoms with van der Waals surface area (Å²) in [5, 5.41) is 0. The summed E-state index contributed by atoms with van der Waals surface area (Å²) in [6.07, 6.45) is -1.07. The molecule has 0 rings (SSSR count). The highest BCUT2D eigenvalue weighted by Gasteiger charge is 2.28. The molecule has 2 unspecified atom stereocenters. The molecule has 138 valence electrons. The van der Waals surface area contributed by atoms with E-state index in [9.17, 15) is 4.39 Å². The highest BCUT2D eigenvalue weighted by molar-refractivity contribution is 7.44. The lowest BCUT2D eigenvalue weighted by molar-refractivity contribution is -0.0318. The molecule has 0 aliphatic heterocycles. The van der Waals surface area contributed by atoms with Crippen LogP contribution in [0.4, 0.5) is 4.39 Å². The molecule has 0 bridgehead atoms. The molecule has 0 saturated heterocycles. The molecule has 0 aromatic rings. The van der Waals surface area contributed by atoms with Crippen LogP contribution in [0.1, 0.15) is 48.0 Å². The van der Waals surface area contributed by atoms with Crippen LogP contribution in [0.25, 0.3) is 4.85 Å². The number of ether oxygens (including phenoxy) is 1. The number of halogens is 1. The minimum absolute atomic E-state index is 0.114. The van der Waals surface area contributed by atoms with Crippen molar-refractivity contribution in [3.8, 4) is 0 Å². The average molecular weight is 360 g/mol. The Morgan fingerprint density at radius 1 is 1.17 bits per heavy atom. The zero-order valence-corrected chi connectivity index (χ0v) is 16.6. The molecule has 0 aliphatic rings. The van der Waals surface area contributed by atoms with Crippen LogP contribution in [0, 0.1) is 6.57 Å². The second-order valence-electron chi connectivity index (χ2n) is 6.11. The predicted molar refractivity (Wildman–Crippen MR) is 97.7 cm³/mol. The maximum absolute atomic E-state index is 13.4. The fraction of sp³-hybridized carbons (Fsp3) is 0.938. The first kappa shape index (κ1) is 23.8. The summed E-state index contributed by atoms with van der Waals surface area (Å²) >= 11 is 0. The van der Waals surface area contributed by atoms with Gasteiger partial charge in [-0.1, -0.05) is 6.92 Å². The van der Waals surface area contributed by atoms with Crippen LogP contribution in [0.5, 0.6) is 0 Å². The van der Waals surface area contributed by atoms with E-state index in [-0.39, 0.29) is 25.2 Å². The lowest BCUT2D eigenvalue weighted by atomic mass is 10.0. The van der Waals surface area contributed by atoms with E-state index in [1.165, 1.54) is 6.92 Å². The number of alkyl halides is 1. The van der Waals surface area contributed by atoms with E-state index in [4.69, 9.17) is 28.2 Å². The fourth-order valence-corrected chi connectivity index (χ4v) is 3.85. The number of hydrogen-bond donors (Lipinski definition) is 0. The topological polar surface area (TPSA) is 35.3 Å². The zero-order valence-electron chi connectivity index (χ0n) is 15.7. The Morgan fingerprint density at radius 2 is 1.75 bits per heavy atom. The summed E-state index contributed by atoms with van der Waals surface area (Å²) < 4.78 is 32.6. The molecule has 0 fully saturated rings. The summed E-state index contributed by atoms with van der Waals surface area (Å²) in [6.45, 7) is 19.1. The first-order valence-electron chi connectivity index (χ1n) is 8.47. The molecule has 8 heteroatoms. The summed E-state index contributed by atoms with van der Waals surface area (Å²) in [5.74, 6) is 0. The molecule has 0 aromatic carbocycles. The lowest BCUT2D eigenvalue weighted by Crippen LogP contribution is -2.35. The molecule has 0 saturated carbocycles. The van der Waals surface area contributed by atoms with Gasteiger partial charge in [0.05, 0.1) is 12.7 Å². The molecular weight excluding hydrogens is 329 g/mol. The Morgan fingerprint density at radius 3 is 2.17 bits per heavy atom. The van der Waals surface area contributed by atoms with Crippen LogP contribution in [0.15, 0.2) is 0 Å². The number of nitrogens with zero attached hydrogens (tertiary/aromatic N) is 2. The van der Waals surface area contributed by atoms with Crippen molar-refractivity contribution >= 4 is 16.4 Å². The smallest absolute Gasteiger partial charge is 0.259 e. The van der Waals surface area contributed by atoms with Crippen molar-refractivity contribution in [1.29, 1.82) is 0 Å². The molecule has 0 aromatic heterocycles. The fourth-order valence-electron chi connectivity index (χ4n) is 2.24. The van der Waals surface area contributed by atoms with Crippen molar-refractivity contribution < 1.29 is 18.2 Å². The van der Waals surface area contributed by atoms with Crippen molar-refractivity contribution in [2.75, 3.05) is 19.8 Å². The molecule has 0 N–H and O–H groups in total. The Kier molecular flexibility index (Phi) is 12.9. The number of hydrogen-bond acceptors (Lipinski definition) is 4. The Hall–Kier alpha value is -0.245. The van der Waals surface area contributed by atoms with Gasteiger partial charge < -0.3 is 18.6 Å². The number of rotatable bonds is 13.